The van der Waals surface area contributed by atoms with Gasteiger partial charge < -0.3 is 35.8 Å². The molecule has 54 heavy (non-hydrogen) atoms. The fourth-order valence-electron chi connectivity index (χ4n) is 7.40. The average molecular weight is 752 g/mol. The van der Waals surface area contributed by atoms with Crippen LogP contribution in [-0.4, -0.2) is 79.3 Å². The number of amides is 3. The minimum absolute atomic E-state index is 0.167. The van der Waals surface area contributed by atoms with E-state index in [2.05, 4.69) is 20.9 Å². The van der Waals surface area contributed by atoms with Gasteiger partial charge in [0, 0.05) is 22.5 Å². The van der Waals surface area contributed by atoms with Crippen LogP contribution in [0.1, 0.15) is 59.1 Å². The molecule has 3 aromatic carbocycles. The van der Waals surface area contributed by atoms with Gasteiger partial charge in [0.05, 0.1) is 36.3 Å². The minimum atomic E-state index is -1.66. The number of rotatable bonds is 13. The Morgan fingerprint density at radius 1 is 0.981 bits per heavy atom. The van der Waals surface area contributed by atoms with Crippen molar-refractivity contribution in [2.45, 2.75) is 89.1 Å². The van der Waals surface area contributed by atoms with Crippen LogP contribution in [0.5, 0.6) is 5.75 Å². The summed E-state index contributed by atoms with van der Waals surface area (Å²) >= 11 is 1.43. The molecule has 5 N–H and O–H groups in total. The maximum Gasteiger partial charge on any atom is 0.258 e. The Kier molecular flexibility index (Phi) is 11.9. The van der Waals surface area contributed by atoms with E-state index in [4.69, 9.17) is 4.74 Å². The van der Waals surface area contributed by atoms with Crippen LogP contribution in [0.3, 0.4) is 0 Å². The molecule has 1 aliphatic heterocycles. The molecular weight excluding hydrogens is 703 g/mol. The lowest BCUT2D eigenvalue weighted by Crippen LogP contribution is -2.59. The van der Waals surface area contributed by atoms with Gasteiger partial charge in [-0.25, -0.2) is 0 Å². The Hall–Kier alpha value is -4.91. The number of aromatic nitrogens is 1. The van der Waals surface area contributed by atoms with E-state index in [-0.39, 0.29) is 18.9 Å². The zero-order chi connectivity index (χ0) is 38.6. The van der Waals surface area contributed by atoms with Crippen LogP contribution in [0, 0.1) is 20.8 Å². The normalized spacial score (nSPS) is 19.8. The molecule has 1 fully saturated rings. The van der Waals surface area contributed by atoms with Crippen LogP contribution in [-0.2, 0) is 33.8 Å². The number of hydrogen-bond acceptors (Lipinski definition) is 9. The number of ether oxygens (including phenoxy) is 1. The van der Waals surface area contributed by atoms with Crippen LogP contribution < -0.4 is 20.7 Å². The molecule has 12 heteroatoms. The Morgan fingerprint density at radius 2 is 1.69 bits per heavy atom. The number of aliphatic hydroxyl groups excluding tert-OH is 2. The number of nitrogens with one attached hydrogen (secondary N) is 3. The lowest BCUT2D eigenvalue weighted by Gasteiger charge is -2.34. The summed E-state index contributed by atoms with van der Waals surface area (Å²) in [6, 6.07) is 24.1. The standard InChI is InChI=1S/C42H49N5O6S/c1-25-18-31(43-22-30-16-11-12-27(3)44-30)19-26(2)38(25)53-23-35(49)45-33(20-28-13-7-6-8-14-28)37(50)41(52)47-24-54-42(4,5)39(47)40(51)46-36-32-17-10-9-15-29(32)21-34(36)48/h6-19,33-34,36-37,39,43,48,50H,20-24H2,1-5H3,(H,45,49)(H,46,51)/t33-,34+,36-,37-,39+/m0/s1. The van der Waals surface area contributed by atoms with Gasteiger partial charge in [-0.3, -0.25) is 19.4 Å². The summed E-state index contributed by atoms with van der Waals surface area (Å²) in [4.78, 5) is 47.5. The summed E-state index contributed by atoms with van der Waals surface area (Å²) in [5, 5.41) is 31.8. The van der Waals surface area contributed by atoms with Gasteiger partial charge in [-0.15, -0.1) is 11.8 Å². The predicted molar refractivity (Wildman–Crippen MR) is 210 cm³/mol. The highest BCUT2D eigenvalue weighted by molar-refractivity contribution is 8.00. The van der Waals surface area contributed by atoms with E-state index in [1.807, 2.05) is 120 Å². The number of fused-ring (bicyclic) bond motifs is 1. The first-order chi connectivity index (χ1) is 25.8. The lowest BCUT2D eigenvalue weighted by molar-refractivity contribution is -0.148. The third-order valence-electron chi connectivity index (χ3n) is 10.1. The van der Waals surface area contributed by atoms with E-state index in [1.54, 1.807) is 0 Å². The zero-order valence-corrected chi connectivity index (χ0v) is 32.2. The van der Waals surface area contributed by atoms with E-state index in [9.17, 15) is 24.6 Å². The highest BCUT2D eigenvalue weighted by Gasteiger charge is 2.50. The number of hydrogen-bond donors (Lipinski definition) is 5. The first-order valence-electron chi connectivity index (χ1n) is 18.2. The molecule has 4 aromatic rings. The molecule has 11 nitrogen and oxygen atoms in total. The second-order valence-electron chi connectivity index (χ2n) is 14.7. The van der Waals surface area contributed by atoms with Gasteiger partial charge in [0.1, 0.15) is 11.8 Å². The summed E-state index contributed by atoms with van der Waals surface area (Å²) in [5.41, 5.74) is 7.07. The molecule has 0 unspecified atom stereocenters. The molecule has 0 spiro atoms. The van der Waals surface area contributed by atoms with E-state index in [0.29, 0.717) is 18.7 Å². The molecule has 284 valence electrons. The first kappa shape index (κ1) is 38.8. The highest BCUT2D eigenvalue weighted by Crippen LogP contribution is 2.41. The Bertz CT molecular complexity index is 1970. The molecule has 0 saturated carbocycles. The molecule has 6 rings (SSSR count). The molecule has 1 aromatic heterocycles. The number of nitrogens with zero attached hydrogens (tertiary/aromatic N) is 2. The topological polar surface area (TPSA) is 153 Å². The first-order valence-corrected chi connectivity index (χ1v) is 19.2. The fraction of sp³-hybridized carbons (Fsp3) is 0.381. The molecule has 5 atom stereocenters. The van der Waals surface area contributed by atoms with Crippen LogP contribution in [0.4, 0.5) is 5.69 Å². The summed E-state index contributed by atoms with van der Waals surface area (Å²) < 4.78 is 5.33. The summed E-state index contributed by atoms with van der Waals surface area (Å²) in [6.45, 7) is 9.76. The van der Waals surface area contributed by atoms with E-state index < -0.39 is 52.8 Å². The van der Waals surface area contributed by atoms with Crippen LogP contribution in [0.2, 0.25) is 0 Å². The maximum absolute atomic E-state index is 14.2. The Balaban J connectivity index is 1.13. The van der Waals surface area contributed by atoms with Crippen molar-refractivity contribution in [3.63, 3.8) is 0 Å². The van der Waals surface area contributed by atoms with Crippen molar-refractivity contribution in [2.24, 2.45) is 0 Å². The van der Waals surface area contributed by atoms with Gasteiger partial charge in [-0.05, 0) is 93.1 Å². The smallest absolute Gasteiger partial charge is 0.258 e. The second-order valence-corrected chi connectivity index (χ2v) is 16.3. The van der Waals surface area contributed by atoms with Crippen molar-refractivity contribution in [1.82, 2.24) is 20.5 Å². The van der Waals surface area contributed by atoms with Crippen molar-refractivity contribution in [1.29, 1.82) is 0 Å². The number of carbonyl (C=O) groups is 3. The van der Waals surface area contributed by atoms with E-state index >= 15 is 0 Å². The maximum atomic E-state index is 14.2. The Labute approximate surface area is 320 Å². The largest absolute Gasteiger partial charge is 0.483 e. The van der Waals surface area contributed by atoms with Gasteiger partial charge in [0.2, 0.25) is 5.91 Å². The van der Waals surface area contributed by atoms with E-state index in [1.165, 1.54) is 16.7 Å². The summed E-state index contributed by atoms with van der Waals surface area (Å²) in [6.07, 6.45) is -1.87. The van der Waals surface area contributed by atoms with Crippen molar-refractivity contribution >= 4 is 35.2 Å². The molecule has 0 bridgehead atoms. The number of thioether (sulfide) groups is 1. The molecule has 0 radical (unpaired) electrons. The molecule has 3 amide bonds. The number of pyridine rings is 1. The third kappa shape index (κ3) is 8.89. The summed E-state index contributed by atoms with van der Waals surface area (Å²) in [7, 11) is 0. The van der Waals surface area contributed by atoms with E-state index in [0.717, 1.165) is 44.9 Å². The van der Waals surface area contributed by atoms with Gasteiger partial charge in [0.25, 0.3) is 11.8 Å². The third-order valence-corrected chi connectivity index (χ3v) is 11.5. The number of aliphatic hydroxyl groups is 2. The Morgan fingerprint density at radius 3 is 2.41 bits per heavy atom. The second kappa shape index (κ2) is 16.6. The van der Waals surface area contributed by atoms with Crippen LogP contribution >= 0.6 is 11.8 Å². The fourth-order valence-corrected chi connectivity index (χ4v) is 8.54. The van der Waals surface area contributed by atoms with Gasteiger partial charge in [-0.1, -0.05) is 60.7 Å². The quantitative estimate of drug-likeness (QED) is 0.133. The van der Waals surface area contributed by atoms with Gasteiger partial charge in [-0.2, -0.15) is 0 Å². The van der Waals surface area contributed by atoms with Gasteiger partial charge in [0.15, 0.2) is 12.7 Å². The highest BCUT2D eigenvalue weighted by atomic mass is 32.2. The zero-order valence-electron chi connectivity index (χ0n) is 31.3. The molecule has 2 aliphatic rings. The monoisotopic (exact) mass is 751 g/mol. The minimum Gasteiger partial charge on any atom is -0.483 e. The van der Waals surface area contributed by atoms with Crippen molar-refractivity contribution in [3.8, 4) is 5.75 Å². The van der Waals surface area contributed by atoms with Crippen molar-refractivity contribution < 1.29 is 29.3 Å². The number of benzene rings is 3. The number of aryl methyl sites for hydroxylation is 3. The van der Waals surface area contributed by atoms with Crippen LogP contribution in [0.25, 0.3) is 0 Å². The number of carbonyl (C=O) groups excluding carboxylic acids is 3. The van der Waals surface area contributed by atoms with Crippen LogP contribution in [0.15, 0.2) is 84.9 Å². The average Bonchev–Trinajstić information content (AvgIpc) is 3.63. The lowest BCUT2D eigenvalue weighted by atomic mass is 9.96. The molecular formula is C42H49N5O6S. The molecule has 1 aliphatic carbocycles. The molecule has 2 heterocycles. The predicted octanol–water partition coefficient (Wildman–Crippen LogP) is 4.54. The van der Waals surface area contributed by atoms with Crippen molar-refractivity contribution in [2.75, 3.05) is 17.8 Å². The number of anilines is 1. The SMILES string of the molecule is Cc1cccc(CNc2cc(C)c(OCC(=O)N[C@@H](Cc3ccccc3)[C@H](O)C(=O)N3CSC(C)(C)[C@H]3C(=O)N[C@H]3c4ccccc4C[C@H]3O)c(C)c2)n1. The summed E-state index contributed by atoms with van der Waals surface area (Å²) in [5.74, 6) is -0.847. The molecule has 1 saturated heterocycles. The van der Waals surface area contributed by atoms with Gasteiger partial charge >= 0.3 is 0 Å². The van der Waals surface area contributed by atoms with Crippen molar-refractivity contribution in [3.05, 3.63) is 124 Å².